The first kappa shape index (κ1) is 14.2. The van der Waals surface area contributed by atoms with Crippen molar-refractivity contribution in [3.63, 3.8) is 0 Å². The van der Waals surface area contributed by atoms with Gasteiger partial charge in [-0.2, -0.15) is 0 Å². The lowest BCUT2D eigenvalue weighted by Crippen LogP contribution is -2.28. The van der Waals surface area contributed by atoms with E-state index in [1.165, 1.54) is 0 Å². The SMILES string of the molecule is Clc1cccc(C=CC2CCCN2c2ncnc3[nH]cnc23)c1. The highest BCUT2D eigenvalue weighted by Gasteiger charge is 2.25. The number of aromatic nitrogens is 4. The van der Waals surface area contributed by atoms with Gasteiger partial charge in [-0.1, -0.05) is 35.9 Å². The number of nitrogens with zero attached hydrogens (tertiary/aromatic N) is 4. The molecule has 1 aromatic carbocycles. The predicted octanol–water partition coefficient (Wildman–Crippen LogP) is 3.69. The van der Waals surface area contributed by atoms with Crippen LogP contribution in [0.1, 0.15) is 18.4 Å². The minimum atomic E-state index is 0.309. The number of imidazole rings is 1. The summed E-state index contributed by atoms with van der Waals surface area (Å²) in [6.07, 6.45) is 9.84. The third kappa shape index (κ3) is 2.80. The lowest BCUT2D eigenvalue weighted by atomic mass is 10.1. The summed E-state index contributed by atoms with van der Waals surface area (Å²) in [5, 5.41) is 0.754. The fourth-order valence-electron chi connectivity index (χ4n) is 3.05. The monoisotopic (exact) mass is 325 g/mol. The minimum absolute atomic E-state index is 0.309. The molecule has 2 aromatic heterocycles. The zero-order chi connectivity index (χ0) is 15.6. The van der Waals surface area contributed by atoms with Crippen LogP contribution in [0.25, 0.3) is 17.2 Å². The van der Waals surface area contributed by atoms with E-state index >= 15 is 0 Å². The number of hydrogen-bond acceptors (Lipinski definition) is 4. The molecule has 6 heteroatoms. The van der Waals surface area contributed by atoms with Gasteiger partial charge in [0.2, 0.25) is 0 Å². The molecule has 1 fully saturated rings. The number of fused-ring (bicyclic) bond motifs is 1. The van der Waals surface area contributed by atoms with Gasteiger partial charge in [-0.05, 0) is 30.5 Å². The van der Waals surface area contributed by atoms with Crippen LogP contribution in [-0.2, 0) is 0 Å². The molecule has 23 heavy (non-hydrogen) atoms. The molecule has 0 saturated carbocycles. The topological polar surface area (TPSA) is 57.7 Å². The van der Waals surface area contributed by atoms with Crippen molar-refractivity contribution in [1.29, 1.82) is 0 Å². The van der Waals surface area contributed by atoms with Gasteiger partial charge >= 0.3 is 0 Å². The van der Waals surface area contributed by atoms with Gasteiger partial charge in [0, 0.05) is 17.6 Å². The Kier molecular flexibility index (Phi) is 3.71. The van der Waals surface area contributed by atoms with Gasteiger partial charge in [0.1, 0.15) is 11.8 Å². The van der Waals surface area contributed by atoms with Crippen LogP contribution in [0.3, 0.4) is 0 Å². The summed E-state index contributed by atoms with van der Waals surface area (Å²) < 4.78 is 0. The summed E-state index contributed by atoms with van der Waals surface area (Å²) in [4.78, 5) is 18.4. The number of nitrogens with one attached hydrogen (secondary N) is 1. The van der Waals surface area contributed by atoms with Crippen molar-refractivity contribution in [3.05, 3.63) is 53.6 Å². The summed E-state index contributed by atoms with van der Waals surface area (Å²) in [5.41, 5.74) is 2.71. The van der Waals surface area contributed by atoms with Crippen molar-refractivity contribution < 1.29 is 0 Å². The third-order valence-corrected chi connectivity index (χ3v) is 4.36. The van der Waals surface area contributed by atoms with Crippen molar-refractivity contribution >= 4 is 34.7 Å². The Hall–Kier alpha value is -2.40. The van der Waals surface area contributed by atoms with Gasteiger partial charge in [-0.25, -0.2) is 15.0 Å². The molecule has 0 aliphatic carbocycles. The van der Waals surface area contributed by atoms with Crippen LogP contribution in [0, 0.1) is 0 Å². The molecule has 116 valence electrons. The first-order chi connectivity index (χ1) is 11.3. The highest BCUT2D eigenvalue weighted by atomic mass is 35.5. The van der Waals surface area contributed by atoms with Gasteiger partial charge < -0.3 is 9.88 Å². The Bertz CT molecular complexity index is 857. The molecular formula is C17H16ClN5. The van der Waals surface area contributed by atoms with E-state index < -0.39 is 0 Å². The second kappa shape index (κ2) is 6.01. The second-order valence-electron chi connectivity index (χ2n) is 5.61. The average molecular weight is 326 g/mol. The molecule has 0 amide bonds. The Morgan fingerprint density at radius 1 is 1.26 bits per heavy atom. The maximum absolute atomic E-state index is 6.04. The number of halogens is 1. The van der Waals surface area contributed by atoms with E-state index in [-0.39, 0.29) is 0 Å². The van der Waals surface area contributed by atoms with E-state index in [1.807, 2.05) is 18.2 Å². The first-order valence-corrected chi connectivity index (χ1v) is 8.03. The fourth-order valence-corrected chi connectivity index (χ4v) is 3.25. The van der Waals surface area contributed by atoms with Crippen LogP contribution in [-0.4, -0.2) is 32.5 Å². The van der Waals surface area contributed by atoms with Crippen LogP contribution in [0.2, 0.25) is 5.02 Å². The fraction of sp³-hybridized carbons (Fsp3) is 0.235. The maximum Gasteiger partial charge on any atom is 0.162 e. The largest absolute Gasteiger partial charge is 0.348 e. The van der Waals surface area contributed by atoms with E-state index in [0.717, 1.165) is 47.0 Å². The highest BCUT2D eigenvalue weighted by Crippen LogP contribution is 2.29. The Balaban J connectivity index is 1.63. The quantitative estimate of drug-likeness (QED) is 0.798. The van der Waals surface area contributed by atoms with E-state index in [2.05, 4.69) is 43.1 Å². The molecule has 1 aliphatic rings. The minimum Gasteiger partial charge on any atom is -0.348 e. The predicted molar refractivity (Wildman–Crippen MR) is 92.5 cm³/mol. The van der Waals surface area contributed by atoms with Crippen LogP contribution >= 0.6 is 11.6 Å². The van der Waals surface area contributed by atoms with Crippen molar-refractivity contribution in [3.8, 4) is 0 Å². The summed E-state index contributed by atoms with van der Waals surface area (Å²) >= 11 is 6.04. The Labute approximate surface area is 139 Å². The standard InChI is InChI=1S/C17H16ClN5/c18-13-4-1-3-12(9-13)6-7-14-5-2-8-23(14)17-15-16(20-10-19-15)21-11-22-17/h1,3-4,6-7,9-11,14H,2,5,8H2,(H,19,20,21,22). The van der Waals surface area contributed by atoms with E-state index in [9.17, 15) is 0 Å². The Morgan fingerprint density at radius 3 is 3.13 bits per heavy atom. The molecule has 0 radical (unpaired) electrons. The van der Waals surface area contributed by atoms with Gasteiger partial charge in [0.05, 0.1) is 6.33 Å². The number of rotatable bonds is 3. The summed E-state index contributed by atoms with van der Waals surface area (Å²) in [5.74, 6) is 0.898. The molecule has 3 heterocycles. The van der Waals surface area contributed by atoms with Crippen LogP contribution in [0.5, 0.6) is 0 Å². The van der Waals surface area contributed by atoms with E-state index in [1.54, 1.807) is 12.7 Å². The molecule has 1 aliphatic heterocycles. The molecule has 1 atom stereocenters. The molecular weight excluding hydrogens is 310 g/mol. The van der Waals surface area contributed by atoms with Crippen LogP contribution < -0.4 is 4.90 Å². The summed E-state index contributed by atoms with van der Waals surface area (Å²) in [6.45, 7) is 0.976. The molecule has 0 bridgehead atoms. The lowest BCUT2D eigenvalue weighted by molar-refractivity contribution is 0.799. The molecule has 1 N–H and O–H groups in total. The number of aromatic amines is 1. The number of anilines is 1. The normalized spacial score (nSPS) is 18.3. The smallest absolute Gasteiger partial charge is 0.162 e. The average Bonchev–Trinajstić information content (AvgIpc) is 3.21. The zero-order valence-electron chi connectivity index (χ0n) is 12.5. The van der Waals surface area contributed by atoms with Crippen molar-refractivity contribution in [2.75, 3.05) is 11.4 Å². The number of hydrogen-bond donors (Lipinski definition) is 1. The van der Waals surface area contributed by atoms with Crippen molar-refractivity contribution in [2.45, 2.75) is 18.9 Å². The molecule has 3 aromatic rings. The summed E-state index contributed by atoms with van der Waals surface area (Å²) in [7, 11) is 0. The lowest BCUT2D eigenvalue weighted by Gasteiger charge is -2.23. The second-order valence-corrected chi connectivity index (χ2v) is 6.05. The number of H-pyrrole nitrogens is 1. The number of benzene rings is 1. The van der Waals surface area contributed by atoms with E-state index in [0.29, 0.717) is 6.04 Å². The Morgan fingerprint density at radius 2 is 2.22 bits per heavy atom. The van der Waals surface area contributed by atoms with Gasteiger partial charge in [0.25, 0.3) is 0 Å². The molecule has 5 nitrogen and oxygen atoms in total. The van der Waals surface area contributed by atoms with Gasteiger partial charge in [-0.15, -0.1) is 0 Å². The summed E-state index contributed by atoms with van der Waals surface area (Å²) in [6, 6.07) is 8.18. The molecule has 1 unspecified atom stereocenters. The van der Waals surface area contributed by atoms with Crippen molar-refractivity contribution in [1.82, 2.24) is 19.9 Å². The third-order valence-electron chi connectivity index (χ3n) is 4.13. The highest BCUT2D eigenvalue weighted by molar-refractivity contribution is 6.30. The van der Waals surface area contributed by atoms with Crippen LogP contribution in [0.4, 0.5) is 5.82 Å². The van der Waals surface area contributed by atoms with Gasteiger partial charge in [-0.3, -0.25) is 0 Å². The maximum atomic E-state index is 6.04. The van der Waals surface area contributed by atoms with E-state index in [4.69, 9.17) is 11.6 Å². The molecule has 1 saturated heterocycles. The molecule has 4 rings (SSSR count). The van der Waals surface area contributed by atoms with Crippen LogP contribution in [0.15, 0.2) is 43.0 Å². The molecule has 0 spiro atoms. The van der Waals surface area contributed by atoms with Crippen molar-refractivity contribution in [2.24, 2.45) is 0 Å². The van der Waals surface area contributed by atoms with Gasteiger partial charge in [0.15, 0.2) is 11.5 Å². The zero-order valence-corrected chi connectivity index (χ0v) is 13.2. The first-order valence-electron chi connectivity index (χ1n) is 7.66.